The van der Waals surface area contributed by atoms with Gasteiger partial charge in [0, 0.05) is 21.8 Å². The number of H-pyrrole nitrogens is 1. The minimum atomic E-state index is -0.0890. The molecule has 1 aromatic heterocycles. The number of nitrogens with zero attached hydrogens (tertiary/aromatic N) is 1. The lowest BCUT2D eigenvalue weighted by Gasteiger charge is -2.26. The topological polar surface area (TPSA) is 37.9 Å². The monoisotopic (exact) mass is 318 g/mol. The number of nitrogens with one attached hydrogen (secondary N) is 1. The molecule has 0 saturated heterocycles. The van der Waals surface area contributed by atoms with Crippen LogP contribution in [0.5, 0.6) is 5.75 Å². The van der Waals surface area contributed by atoms with Crippen LogP contribution < -0.4 is 4.74 Å². The summed E-state index contributed by atoms with van der Waals surface area (Å²) < 4.78 is 6.69. The van der Waals surface area contributed by atoms with Crippen LogP contribution in [0.15, 0.2) is 35.2 Å². The van der Waals surface area contributed by atoms with E-state index in [1.54, 1.807) is 11.8 Å². The van der Waals surface area contributed by atoms with Crippen molar-refractivity contribution in [1.29, 1.82) is 0 Å². The van der Waals surface area contributed by atoms with Gasteiger partial charge in [-0.05, 0) is 18.2 Å². The molecular weight excluding hydrogens is 300 g/mol. The third-order valence-electron chi connectivity index (χ3n) is 3.38. The first kappa shape index (κ1) is 14.6. The molecule has 1 aliphatic heterocycles. The van der Waals surface area contributed by atoms with Gasteiger partial charge in [0.25, 0.3) is 0 Å². The van der Waals surface area contributed by atoms with E-state index in [0.29, 0.717) is 4.64 Å². The second kappa shape index (κ2) is 5.46. The molecule has 1 aliphatic rings. The van der Waals surface area contributed by atoms with E-state index < -0.39 is 0 Å². The lowest BCUT2D eigenvalue weighted by Crippen LogP contribution is -2.21. The number of thioether (sulfide) groups is 1. The van der Waals surface area contributed by atoms with Crippen molar-refractivity contribution in [1.82, 2.24) is 9.97 Å². The summed E-state index contributed by atoms with van der Waals surface area (Å²) in [5.74, 6) is 2.57. The van der Waals surface area contributed by atoms with Crippen LogP contribution in [0.3, 0.4) is 0 Å². The van der Waals surface area contributed by atoms with E-state index in [2.05, 4.69) is 36.8 Å². The van der Waals surface area contributed by atoms with Crippen molar-refractivity contribution in [3.63, 3.8) is 0 Å². The smallest absolute Gasteiger partial charge is 0.165 e. The maximum atomic E-state index is 6.08. The van der Waals surface area contributed by atoms with E-state index in [1.807, 2.05) is 24.3 Å². The zero-order valence-electron chi connectivity index (χ0n) is 12.3. The van der Waals surface area contributed by atoms with E-state index in [0.717, 1.165) is 23.0 Å². The summed E-state index contributed by atoms with van der Waals surface area (Å²) in [6.07, 6.45) is -0.0890. The highest BCUT2D eigenvalue weighted by molar-refractivity contribution is 7.99. The predicted molar refractivity (Wildman–Crippen MR) is 88.7 cm³/mol. The Morgan fingerprint density at radius 3 is 2.86 bits per heavy atom. The predicted octanol–water partition coefficient (Wildman–Crippen LogP) is 4.66. The van der Waals surface area contributed by atoms with Gasteiger partial charge in [0.05, 0.1) is 0 Å². The first-order chi connectivity index (χ1) is 9.93. The van der Waals surface area contributed by atoms with Crippen LogP contribution in [0.1, 0.15) is 38.4 Å². The van der Waals surface area contributed by atoms with Crippen LogP contribution in [0.4, 0.5) is 0 Å². The Morgan fingerprint density at radius 1 is 1.33 bits per heavy atom. The van der Waals surface area contributed by atoms with Crippen molar-refractivity contribution in [2.24, 2.45) is 0 Å². The standard InChI is InChI=1S/C16H18N2OS2/c1-16(2,3)13-8-14(20)18-15(17-13)11-9-21-12-7-5-4-6-10(12)19-11/h4-8,11H,9H2,1-3H3,(H,17,18,20). The van der Waals surface area contributed by atoms with E-state index in [1.165, 1.54) is 4.90 Å². The first-order valence-electron chi connectivity index (χ1n) is 6.94. The highest BCUT2D eigenvalue weighted by atomic mass is 32.2. The lowest BCUT2D eigenvalue weighted by atomic mass is 9.92. The fourth-order valence-corrected chi connectivity index (χ4v) is 3.39. The summed E-state index contributed by atoms with van der Waals surface area (Å²) in [5.41, 5.74) is 1.09. The molecule has 110 valence electrons. The van der Waals surface area contributed by atoms with Crippen molar-refractivity contribution in [3.8, 4) is 5.75 Å². The van der Waals surface area contributed by atoms with Gasteiger partial charge in [0.1, 0.15) is 16.2 Å². The molecule has 2 aromatic rings. The lowest BCUT2D eigenvalue weighted by molar-refractivity contribution is 0.209. The van der Waals surface area contributed by atoms with E-state index in [4.69, 9.17) is 17.0 Å². The molecule has 0 radical (unpaired) electrons. The molecule has 1 aromatic carbocycles. The van der Waals surface area contributed by atoms with Crippen LogP contribution in [-0.2, 0) is 5.41 Å². The van der Waals surface area contributed by atoms with Gasteiger partial charge in [-0.25, -0.2) is 4.98 Å². The molecule has 0 amide bonds. The van der Waals surface area contributed by atoms with E-state index >= 15 is 0 Å². The molecule has 21 heavy (non-hydrogen) atoms. The van der Waals surface area contributed by atoms with Crippen LogP contribution in [0, 0.1) is 4.64 Å². The highest BCUT2D eigenvalue weighted by Gasteiger charge is 2.25. The van der Waals surface area contributed by atoms with Crippen LogP contribution in [0.25, 0.3) is 0 Å². The summed E-state index contributed by atoms with van der Waals surface area (Å²) in [6.45, 7) is 6.47. The zero-order valence-corrected chi connectivity index (χ0v) is 14.0. The maximum Gasteiger partial charge on any atom is 0.165 e. The molecule has 1 unspecified atom stereocenters. The number of aromatic nitrogens is 2. The Morgan fingerprint density at radius 2 is 2.10 bits per heavy atom. The summed E-state index contributed by atoms with van der Waals surface area (Å²) in [4.78, 5) is 9.05. The van der Waals surface area contributed by atoms with E-state index in [-0.39, 0.29) is 11.5 Å². The quantitative estimate of drug-likeness (QED) is 0.776. The Bertz CT molecular complexity index is 719. The van der Waals surface area contributed by atoms with Crippen LogP contribution in [-0.4, -0.2) is 15.7 Å². The summed E-state index contributed by atoms with van der Waals surface area (Å²) in [7, 11) is 0. The molecule has 0 spiro atoms. The molecule has 2 heterocycles. The van der Waals surface area contributed by atoms with Gasteiger partial charge in [-0.2, -0.15) is 0 Å². The molecule has 3 rings (SSSR count). The Kier molecular flexibility index (Phi) is 3.80. The molecule has 5 heteroatoms. The average molecular weight is 318 g/mol. The molecule has 3 nitrogen and oxygen atoms in total. The van der Waals surface area contributed by atoms with Gasteiger partial charge >= 0.3 is 0 Å². The summed E-state index contributed by atoms with van der Waals surface area (Å²) >= 11 is 7.10. The number of rotatable bonds is 1. The van der Waals surface area contributed by atoms with Crippen molar-refractivity contribution in [3.05, 3.63) is 46.5 Å². The highest BCUT2D eigenvalue weighted by Crippen LogP contribution is 2.39. The van der Waals surface area contributed by atoms with Crippen LogP contribution in [0.2, 0.25) is 0 Å². The van der Waals surface area contributed by atoms with Crippen molar-refractivity contribution >= 4 is 24.0 Å². The van der Waals surface area contributed by atoms with Gasteiger partial charge in [-0.1, -0.05) is 45.1 Å². The minimum absolute atomic E-state index is 0.00493. The van der Waals surface area contributed by atoms with Gasteiger partial charge in [-0.3, -0.25) is 0 Å². The van der Waals surface area contributed by atoms with Crippen molar-refractivity contribution in [2.75, 3.05) is 5.75 Å². The largest absolute Gasteiger partial charge is 0.480 e. The fraction of sp³-hybridized carbons (Fsp3) is 0.375. The van der Waals surface area contributed by atoms with Crippen molar-refractivity contribution < 1.29 is 4.74 Å². The number of ether oxygens (including phenoxy) is 1. The number of benzene rings is 1. The van der Waals surface area contributed by atoms with Gasteiger partial charge < -0.3 is 9.72 Å². The Balaban J connectivity index is 1.95. The van der Waals surface area contributed by atoms with Gasteiger partial charge in [-0.15, -0.1) is 11.8 Å². The minimum Gasteiger partial charge on any atom is -0.480 e. The molecule has 1 N–H and O–H groups in total. The SMILES string of the molecule is CC(C)(C)c1cc(=S)nc(C2CSc3ccccc3O2)[nH]1. The van der Waals surface area contributed by atoms with Crippen molar-refractivity contribution in [2.45, 2.75) is 37.2 Å². The Hall–Kier alpha value is -1.33. The molecular formula is C16H18N2OS2. The van der Waals surface area contributed by atoms with Gasteiger partial charge in [0.15, 0.2) is 6.10 Å². The number of fused-ring (bicyclic) bond motifs is 1. The number of hydrogen-bond donors (Lipinski definition) is 1. The van der Waals surface area contributed by atoms with Gasteiger partial charge in [0.2, 0.25) is 0 Å². The average Bonchev–Trinajstić information content (AvgIpc) is 2.45. The third-order valence-corrected chi connectivity index (χ3v) is 4.71. The molecule has 0 bridgehead atoms. The molecule has 0 fully saturated rings. The summed E-state index contributed by atoms with van der Waals surface area (Å²) in [5, 5.41) is 0. The number of para-hydroxylation sites is 1. The molecule has 1 atom stereocenters. The van der Waals surface area contributed by atoms with E-state index in [9.17, 15) is 0 Å². The third kappa shape index (κ3) is 3.14. The summed E-state index contributed by atoms with van der Waals surface area (Å²) in [6, 6.07) is 10.0. The molecule has 0 aliphatic carbocycles. The Labute approximate surface area is 134 Å². The first-order valence-corrected chi connectivity index (χ1v) is 8.33. The maximum absolute atomic E-state index is 6.08. The second-order valence-electron chi connectivity index (χ2n) is 6.13. The normalized spacial score (nSPS) is 18.0. The second-order valence-corrected chi connectivity index (χ2v) is 7.61. The van der Waals surface area contributed by atoms with Crippen LogP contribution >= 0.6 is 24.0 Å². The molecule has 0 saturated carbocycles. The number of aromatic amines is 1. The fourth-order valence-electron chi connectivity index (χ4n) is 2.19. The number of hydrogen-bond acceptors (Lipinski definition) is 4. The zero-order chi connectivity index (χ0) is 15.0.